The number of amides is 1. The summed E-state index contributed by atoms with van der Waals surface area (Å²) in [7, 11) is 0. The monoisotopic (exact) mass is 414 g/mol. The van der Waals surface area contributed by atoms with Crippen LogP contribution in [-0.2, 0) is 16.1 Å². The number of rotatable bonds is 8. The van der Waals surface area contributed by atoms with Gasteiger partial charge in [-0.25, -0.2) is 9.97 Å². The van der Waals surface area contributed by atoms with Crippen LogP contribution in [0.3, 0.4) is 0 Å². The molecule has 0 spiro atoms. The van der Waals surface area contributed by atoms with Gasteiger partial charge in [0, 0.05) is 43.6 Å². The lowest BCUT2D eigenvalue weighted by Crippen LogP contribution is -2.48. The van der Waals surface area contributed by atoms with Crippen LogP contribution >= 0.6 is 11.8 Å². The molecule has 1 saturated heterocycles. The van der Waals surface area contributed by atoms with Crippen molar-refractivity contribution in [3.63, 3.8) is 0 Å². The van der Waals surface area contributed by atoms with E-state index in [1.807, 2.05) is 43.0 Å². The topological polar surface area (TPSA) is 58.6 Å². The lowest BCUT2D eigenvalue weighted by Gasteiger charge is -2.35. The second-order valence-corrected chi connectivity index (χ2v) is 8.43. The van der Waals surface area contributed by atoms with Crippen molar-refractivity contribution >= 4 is 17.7 Å². The number of aromatic nitrogens is 2. The maximum Gasteiger partial charge on any atom is 0.233 e. The summed E-state index contributed by atoms with van der Waals surface area (Å²) in [6.07, 6.45) is 0. The summed E-state index contributed by atoms with van der Waals surface area (Å²) in [6.45, 7) is 10.9. The predicted molar refractivity (Wildman–Crippen MR) is 116 cm³/mol. The van der Waals surface area contributed by atoms with E-state index in [0.29, 0.717) is 17.5 Å². The lowest BCUT2D eigenvalue weighted by molar-refractivity contribution is -0.131. The Morgan fingerprint density at radius 1 is 1.17 bits per heavy atom. The Kier molecular flexibility index (Phi) is 8.03. The van der Waals surface area contributed by atoms with Crippen LogP contribution in [0, 0.1) is 13.8 Å². The fourth-order valence-electron chi connectivity index (χ4n) is 3.49. The summed E-state index contributed by atoms with van der Waals surface area (Å²) in [4.78, 5) is 26.4. The Bertz CT molecular complexity index is 776. The minimum absolute atomic E-state index is 0.113. The first kappa shape index (κ1) is 21.7. The molecule has 1 aliphatic rings. The molecule has 3 rings (SSSR count). The first-order chi connectivity index (χ1) is 14.0. The first-order valence-corrected chi connectivity index (χ1v) is 11.1. The number of benzene rings is 1. The second kappa shape index (κ2) is 10.7. The SMILES string of the molecule is Cc1cc(C)nc(SCC(=O)N(Cc2ccccc2)C(C)CN2CCOCC2)n1. The molecular weight excluding hydrogens is 384 g/mol. The maximum atomic E-state index is 13.2. The number of nitrogens with zero attached hydrogens (tertiary/aromatic N) is 4. The molecule has 1 aromatic heterocycles. The highest BCUT2D eigenvalue weighted by Gasteiger charge is 2.24. The standard InChI is InChI=1S/C22H30N4O2S/c1-17-13-18(2)24-22(23-17)29-16-21(27)26(15-20-7-5-4-6-8-20)19(3)14-25-9-11-28-12-10-25/h4-8,13,19H,9-12,14-16H2,1-3H3. The number of carbonyl (C=O) groups is 1. The van der Waals surface area contributed by atoms with Gasteiger partial charge < -0.3 is 9.64 Å². The van der Waals surface area contributed by atoms with Gasteiger partial charge >= 0.3 is 0 Å². The molecule has 2 heterocycles. The zero-order valence-corrected chi connectivity index (χ0v) is 18.3. The second-order valence-electron chi connectivity index (χ2n) is 7.49. The highest BCUT2D eigenvalue weighted by atomic mass is 32.2. The van der Waals surface area contributed by atoms with E-state index in [1.165, 1.54) is 11.8 Å². The van der Waals surface area contributed by atoms with Crippen molar-refractivity contribution in [2.75, 3.05) is 38.6 Å². The average molecular weight is 415 g/mol. The van der Waals surface area contributed by atoms with Crippen molar-refractivity contribution in [3.05, 3.63) is 53.3 Å². The van der Waals surface area contributed by atoms with Crippen LogP contribution in [-0.4, -0.2) is 70.3 Å². The van der Waals surface area contributed by atoms with E-state index in [1.54, 1.807) is 0 Å². The van der Waals surface area contributed by atoms with Crippen molar-refractivity contribution < 1.29 is 9.53 Å². The number of morpholine rings is 1. The van der Waals surface area contributed by atoms with Gasteiger partial charge in [0.15, 0.2) is 5.16 Å². The van der Waals surface area contributed by atoms with E-state index in [9.17, 15) is 4.79 Å². The van der Waals surface area contributed by atoms with Crippen LogP contribution in [0.5, 0.6) is 0 Å². The number of hydrogen-bond donors (Lipinski definition) is 0. The zero-order chi connectivity index (χ0) is 20.6. The molecule has 1 atom stereocenters. The molecule has 1 aromatic carbocycles. The van der Waals surface area contributed by atoms with E-state index in [4.69, 9.17) is 4.74 Å². The number of thioether (sulfide) groups is 1. The molecule has 7 heteroatoms. The molecule has 2 aromatic rings. The van der Waals surface area contributed by atoms with Crippen molar-refractivity contribution in [3.8, 4) is 0 Å². The zero-order valence-electron chi connectivity index (χ0n) is 17.5. The molecule has 1 unspecified atom stereocenters. The Morgan fingerprint density at radius 3 is 2.48 bits per heavy atom. The molecule has 1 amide bonds. The van der Waals surface area contributed by atoms with Gasteiger partial charge in [0.1, 0.15) is 0 Å². The fraction of sp³-hybridized carbons (Fsp3) is 0.500. The largest absolute Gasteiger partial charge is 0.379 e. The van der Waals surface area contributed by atoms with Crippen molar-refractivity contribution in [1.82, 2.24) is 19.8 Å². The summed E-state index contributed by atoms with van der Waals surface area (Å²) < 4.78 is 5.45. The van der Waals surface area contributed by atoms with Gasteiger partial charge in [-0.3, -0.25) is 9.69 Å². The van der Waals surface area contributed by atoms with Gasteiger partial charge in [0.25, 0.3) is 0 Å². The van der Waals surface area contributed by atoms with Gasteiger partial charge in [0.2, 0.25) is 5.91 Å². The number of hydrogen-bond acceptors (Lipinski definition) is 6. The molecule has 29 heavy (non-hydrogen) atoms. The summed E-state index contributed by atoms with van der Waals surface area (Å²) in [6, 6.07) is 12.2. The summed E-state index contributed by atoms with van der Waals surface area (Å²) in [5.74, 6) is 0.450. The highest BCUT2D eigenvalue weighted by molar-refractivity contribution is 7.99. The smallest absolute Gasteiger partial charge is 0.233 e. The number of ether oxygens (including phenoxy) is 1. The molecule has 0 bridgehead atoms. The maximum absolute atomic E-state index is 13.2. The van der Waals surface area contributed by atoms with Crippen LogP contribution < -0.4 is 0 Å². The summed E-state index contributed by atoms with van der Waals surface area (Å²) in [5.41, 5.74) is 2.99. The third-order valence-corrected chi connectivity index (χ3v) is 5.79. The first-order valence-electron chi connectivity index (χ1n) is 10.1. The molecule has 1 fully saturated rings. The van der Waals surface area contributed by atoms with Crippen molar-refractivity contribution in [1.29, 1.82) is 0 Å². The molecule has 0 aliphatic carbocycles. The van der Waals surface area contributed by atoms with Gasteiger partial charge in [0.05, 0.1) is 19.0 Å². The minimum Gasteiger partial charge on any atom is -0.379 e. The van der Waals surface area contributed by atoms with Gasteiger partial charge in [-0.2, -0.15) is 0 Å². The molecule has 0 saturated carbocycles. The molecule has 156 valence electrons. The molecule has 0 N–H and O–H groups in total. The highest BCUT2D eigenvalue weighted by Crippen LogP contribution is 2.18. The Hall–Kier alpha value is -1.96. The Labute approximate surface area is 177 Å². The van der Waals surface area contributed by atoms with Crippen LogP contribution in [0.4, 0.5) is 0 Å². The minimum atomic E-state index is 0.113. The molecule has 0 radical (unpaired) electrons. The molecule has 1 aliphatic heterocycles. The van der Waals surface area contributed by atoms with Crippen LogP contribution in [0.15, 0.2) is 41.6 Å². The van der Waals surface area contributed by atoms with Crippen LogP contribution in [0.1, 0.15) is 23.9 Å². The molecular formula is C22H30N4O2S. The normalized spacial score (nSPS) is 15.8. The number of aryl methyl sites for hydroxylation is 2. The Morgan fingerprint density at radius 2 is 1.83 bits per heavy atom. The third kappa shape index (κ3) is 6.80. The Balaban J connectivity index is 1.67. The average Bonchev–Trinajstić information content (AvgIpc) is 2.71. The van der Waals surface area contributed by atoms with Crippen molar-refractivity contribution in [2.24, 2.45) is 0 Å². The predicted octanol–water partition coefficient (Wildman–Crippen LogP) is 2.94. The van der Waals surface area contributed by atoms with E-state index in [-0.39, 0.29) is 11.9 Å². The molecule has 6 nitrogen and oxygen atoms in total. The van der Waals surface area contributed by atoms with E-state index in [0.717, 1.165) is 49.8 Å². The quantitative estimate of drug-likeness (QED) is 0.489. The lowest BCUT2D eigenvalue weighted by atomic mass is 10.1. The van der Waals surface area contributed by atoms with Crippen LogP contribution in [0.2, 0.25) is 0 Å². The van der Waals surface area contributed by atoms with Gasteiger partial charge in [-0.05, 0) is 32.4 Å². The van der Waals surface area contributed by atoms with E-state index >= 15 is 0 Å². The summed E-state index contributed by atoms with van der Waals surface area (Å²) >= 11 is 1.41. The van der Waals surface area contributed by atoms with Crippen molar-refractivity contribution in [2.45, 2.75) is 38.5 Å². The van der Waals surface area contributed by atoms with Gasteiger partial charge in [-0.15, -0.1) is 0 Å². The third-order valence-electron chi connectivity index (χ3n) is 4.96. The number of carbonyl (C=O) groups excluding carboxylic acids is 1. The summed E-state index contributed by atoms with van der Waals surface area (Å²) in [5, 5.41) is 0.663. The van der Waals surface area contributed by atoms with Crippen LogP contribution in [0.25, 0.3) is 0 Å². The van der Waals surface area contributed by atoms with Gasteiger partial charge in [-0.1, -0.05) is 42.1 Å². The van der Waals surface area contributed by atoms with E-state index < -0.39 is 0 Å². The fourth-order valence-corrected chi connectivity index (χ4v) is 4.33. The van der Waals surface area contributed by atoms with E-state index in [2.05, 4.69) is 33.9 Å².